The highest BCUT2D eigenvalue weighted by Crippen LogP contribution is 2.38. The third-order valence-electron chi connectivity index (χ3n) is 8.43. The Morgan fingerprint density at radius 3 is 1.19 bits per heavy atom. The van der Waals surface area contributed by atoms with Gasteiger partial charge in [0.25, 0.3) is 16.6 Å². The molecule has 0 amide bonds. The molecule has 4 aromatic rings. The number of rotatable bonds is 12. The molecule has 43 heavy (non-hydrogen) atoms. The molecule has 0 spiro atoms. The molecule has 0 saturated heterocycles. The lowest BCUT2D eigenvalue weighted by Crippen LogP contribution is -2.67. The maximum Gasteiger partial charge on any atom is 0.261 e. The molecule has 0 bridgehead atoms. The average Bonchev–Trinajstić information content (AvgIpc) is 3.00. The van der Waals surface area contributed by atoms with Gasteiger partial charge in [-0.3, -0.25) is 0 Å². The summed E-state index contributed by atoms with van der Waals surface area (Å²) in [6.45, 7) is 14.7. The minimum absolute atomic E-state index is 0.0291. The van der Waals surface area contributed by atoms with Crippen LogP contribution in [0.1, 0.15) is 48.0 Å². The number of hydrogen-bond acceptors (Lipinski definition) is 3. The van der Waals surface area contributed by atoms with Crippen LogP contribution < -0.4 is 20.7 Å². The molecule has 0 aliphatic heterocycles. The molecule has 0 unspecified atom stereocenters. The zero-order valence-electron chi connectivity index (χ0n) is 26.7. The van der Waals surface area contributed by atoms with Crippen LogP contribution in [0.5, 0.6) is 0 Å². The van der Waals surface area contributed by atoms with E-state index in [2.05, 4.69) is 163 Å². The second kappa shape index (κ2) is 14.1. The molecular weight excluding hydrogens is 561 g/mol. The molecule has 1 N–H and O–H groups in total. The summed E-state index contributed by atoms with van der Waals surface area (Å²) in [5.74, 6) is 0. The lowest BCUT2D eigenvalue weighted by molar-refractivity contribution is 0.280. The van der Waals surface area contributed by atoms with Gasteiger partial charge in [0.2, 0.25) is 0 Å². The number of aliphatic hydroxyl groups excluding tert-OH is 1. The second-order valence-corrected chi connectivity index (χ2v) is 21.9. The molecule has 3 nitrogen and oxygen atoms in total. The van der Waals surface area contributed by atoms with Crippen molar-refractivity contribution in [3.63, 3.8) is 0 Å². The van der Waals surface area contributed by atoms with Crippen molar-refractivity contribution >= 4 is 37.4 Å². The van der Waals surface area contributed by atoms with Gasteiger partial charge in [-0.25, -0.2) is 0 Å². The number of hydrogen-bond donors (Lipinski definition) is 1. The van der Waals surface area contributed by atoms with Gasteiger partial charge in [0.05, 0.1) is 13.2 Å². The zero-order valence-corrected chi connectivity index (χ0v) is 28.7. The molecule has 5 heteroatoms. The normalized spacial score (nSPS) is 13.2. The van der Waals surface area contributed by atoms with Crippen molar-refractivity contribution in [2.75, 3.05) is 19.8 Å². The third kappa shape index (κ3) is 7.03. The van der Waals surface area contributed by atoms with E-state index in [1.54, 1.807) is 0 Å². The van der Waals surface area contributed by atoms with Crippen molar-refractivity contribution in [2.24, 2.45) is 0 Å². The van der Waals surface area contributed by atoms with Crippen LogP contribution >= 0.6 is 0 Å². The van der Waals surface area contributed by atoms with E-state index in [0.717, 1.165) is 5.57 Å². The Balaban J connectivity index is 1.65. The lowest BCUT2D eigenvalue weighted by atomic mass is 10.2. The first kappa shape index (κ1) is 32.8. The fraction of sp³-hybridized carbons (Fsp3) is 0.316. The molecule has 0 saturated carbocycles. The monoisotopic (exact) mass is 608 g/mol. The SMILES string of the molecule is CC(C)(C)[Si](OCC/C(=C/CO)CO[Si](c1ccccc1)(c1ccccc1)C(C)(C)C)(c1ccccc1)c1ccccc1. The largest absolute Gasteiger partial charge is 0.407 e. The van der Waals surface area contributed by atoms with Crippen LogP contribution in [0.3, 0.4) is 0 Å². The molecule has 0 heterocycles. The van der Waals surface area contributed by atoms with Crippen molar-refractivity contribution in [1.82, 2.24) is 0 Å². The van der Waals surface area contributed by atoms with Crippen LogP contribution in [0.15, 0.2) is 133 Å². The predicted octanol–water partition coefficient (Wildman–Crippen LogP) is 6.45. The Hall–Kier alpha value is -3.07. The Labute approximate surface area is 261 Å². The highest BCUT2D eigenvalue weighted by atomic mass is 28.4. The molecule has 0 aliphatic rings. The summed E-state index contributed by atoms with van der Waals surface area (Å²) in [5.41, 5.74) is 1.06. The smallest absolute Gasteiger partial charge is 0.261 e. The van der Waals surface area contributed by atoms with E-state index in [9.17, 15) is 5.11 Å². The molecule has 226 valence electrons. The Morgan fingerprint density at radius 1 is 0.558 bits per heavy atom. The maximum absolute atomic E-state index is 10.1. The fourth-order valence-electron chi connectivity index (χ4n) is 6.42. The second-order valence-electron chi connectivity index (χ2n) is 13.3. The van der Waals surface area contributed by atoms with Crippen molar-refractivity contribution in [3.8, 4) is 0 Å². The van der Waals surface area contributed by atoms with Gasteiger partial charge >= 0.3 is 0 Å². The quantitative estimate of drug-likeness (QED) is 0.148. The van der Waals surface area contributed by atoms with Gasteiger partial charge < -0.3 is 14.0 Å². The molecule has 4 aromatic carbocycles. The minimum Gasteiger partial charge on any atom is -0.407 e. The van der Waals surface area contributed by atoms with Gasteiger partial charge in [0.1, 0.15) is 0 Å². The van der Waals surface area contributed by atoms with Gasteiger partial charge in [0.15, 0.2) is 0 Å². The molecule has 0 radical (unpaired) electrons. The Kier molecular flexibility index (Phi) is 10.8. The summed E-state index contributed by atoms with van der Waals surface area (Å²) in [6, 6.07) is 42.9. The third-order valence-corrected chi connectivity index (χ3v) is 18.5. The standard InChI is InChI=1S/C38H48O3Si2/c1-37(2,3)42(33-19-11-7-12-20-33,34-21-13-8-14-22-34)40-30-28-32(27-29-39)31-41-43(38(4,5)6,35-23-15-9-16-24-35)36-25-17-10-18-26-36/h7-27,39H,28-31H2,1-6H3/b32-27-. The van der Waals surface area contributed by atoms with E-state index in [1.165, 1.54) is 20.7 Å². The van der Waals surface area contributed by atoms with Gasteiger partial charge in [-0.15, -0.1) is 0 Å². The highest BCUT2D eigenvalue weighted by molar-refractivity contribution is 7.00. The maximum atomic E-state index is 10.1. The van der Waals surface area contributed by atoms with Crippen LogP contribution in [-0.4, -0.2) is 41.6 Å². The van der Waals surface area contributed by atoms with Gasteiger partial charge in [-0.2, -0.15) is 0 Å². The van der Waals surface area contributed by atoms with E-state index >= 15 is 0 Å². The Morgan fingerprint density at radius 2 is 0.884 bits per heavy atom. The molecule has 0 aromatic heterocycles. The predicted molar refractivity (Wildman–Crippen MR) is 187 cm³/mol. The fourth-order valence-corrected chi connectivity index (χ4v) is 15.5. The van der Waals surface area contributed by atoms with E-state index in [-0.39, 0.29) is 16.7 Å². The first-order valence-corrected chi connectivity index (χ1v) is 19.2. The van der Waals surface area contributed by atoms with Gasteiger partial charge in [0, 0.05) is 6.61 Å². The average molecular weight is 609 g/mol. The molecular formula is C38H48O3Si2. The van der Waals surface area contributed by atoms with Crippen molar-refractivity contribution in [2.45, 2.75) is 58.0 Å². The summed E-state index contributed by atoms with van der Waals surface area (Å²) >= 11 is 0. The molecule has 0 aliphatic carbocycles. The van der Waals surface area contributed by atoms with Crippen LogP contribution in [-0.2, 0) is 8.85 Å². The highest BCUT2D eigenvalue weighted by Gasteiger charge is 2.51. The van der Waals surface area contributed by atoms with Crippen LogP contribution in [0, 0.1) is 0 Å². The minimum atomic E-state index is -2.71. The summed E-state index contributed by atoms with van der Waals surface area (Å²) in [7, 11) is -5.36. The number of aliphatic hydroxyl groups is 1. The molecule has 0 fully saturated rings. The van der Waals surface area contributed by atoms with E-state index in [1.807, 2.05) is 6.08 Å². The van der Waals surface area contributed by atoms with Crippen LogP contribution in [0.25, 0.3) is 0 Å². The van der Waals surface area contributed by atoms with Crippen molar-refractivity contribution in [1.29, 1.82) is 0 Å². The lowest BCUT2D eigenvalue weighted by Gasteiger charge is -2.44. The van der Waals surface area contributed by atoms with Crippen molar-refractivity contribution < 1.29 is 14.0 Å². The van der Waals surface area contributed by atoms with Crippen LogP contribution in [0.4, 0.5) is 0 Å². The van der Waals surface area contributed by atoms with Crippen molar-refractivity contribution in [3.05, 3.63) is 133 Å². The Bertz CT molecular complexity index is 1350. The first-order valence-electron chi connectivity index (χ1n) is 15.3. The van der Waals surface area contributed by atoms with E-state index in [0.29, 0.717) is 19.6 Å². The van der Waals surface area contributed by atoms with Gasteiger partial charge in [-0.1, -0.05) is 169 Å². The van der Waals surface area contributed by atoms with E-state index in [4.69, 9.17) is 8.85 Å². The van der Waals surface area contributed by atoms with Gasteiger partial charge in [-0.05, 0) is 42.8 Å². The molecule has 4 rings (SSSR count). The first-order chi connectivity index (χ1) is 20.6. The van der Waals surface area contributed by atoms with E-state index < -0.39 is 16.6 Å². The zero-order chi connectivity index (χ0) is 31.0. The summed E-state index contributed by atoms with van der Waals surface area (Å²) in [6.07, 6.45) is 2.59. The summed E-state index contributed by atoms with van der Waals surface area (Å²) < 4.78 is 14.4. The number of benzene rings is 4. The summed E-state index contributed by atoms with van der Waals surface area (Å²) in [5, 5.41) is 14.9. The van der Waals surface area contributed by atoms with Crippen LogP contribution in [0.2, 0.25) is 10.1 Å². The topological polar surface area (TPSA) is 38.7 Å². The molecule has 0 atom stereocenters. The summed E-state index contributed by atoms with van der Waals surface area (Å²) in [4.78, 5) is 0.